The minimum atomic E-state index is -1.38. The topological polar surface area (TPSA) is 78.3 Å². The molecule has 2 atom stereocenters. The smallest absolute Gasteiger partial charge is 0.329 e. The van der Waals surface area contributed by atoms with Gasteiger partial charge in [0.15, 0.2) is 5.82 Å². The van der Waals surface area contributed by atoms with Crippen molar-refractivity contribution in [1.29, 1.82) is 0 Å². The van der Waals surface area contributed by atoms with Gasteiger partial charge in [0.25, 0.3) is 5.56 Å². The molecule has 1 aromatic heterocycles. The van der Waals surface area contributed by atoms with E-state index in [2.05, 4.69) is 4.98 Å². The number of aryl methyl sites for hydroxylation is 2. The third-order valence-electron chi connectivity index (χ3n) is 6.96. The van der Waals surface area contributed by atoms with Gasteiger partial charge in [0.1, 0.15) is 11.6 Å². The van der Waals surface area contributed by atoms with E-state index < -0.39 is 40.7 Å². The minimum Gasteiger partial charge on any atom is -0.388 e. The lowest BCUT2D eigenvalue weighted by Gasteiger charge is -2.26. The molecule has 0 bridgehead atoms. The lowest BCUT2D eigenvalue weighted by Crippen LogP contribution is -2.32. The quantitative estimate of drug-likeness (QED) is 0.625. The Morgan fingerprint density at radius 2 is 1.73 bits per heavy atom. The van der Waals surface area contributed by atoms with Gasteiger partial charge in [-0.15, -0.1) is 0 Å². The summed E-state index contributed by atoms with van der Waals surface area (Å²) in [5.74, 6) is -2.73. The van der Waals surface area contributed by atoms with Gasteiger partial charge in [0.05, 0.1) is 28.3 Å². The Hall–Kier alpha value is -3.07. The third-order valence-corrected chi connectivity index (χ3v) is 6.96. The van der Waals surface area contributed by atoms with Crippen LogP contribution < -0.4 is 16.1 Å². The second kappa shape index (κ2) is 7.76. The van der Waals surface area contributed by atoms with Crippen LogP contribution in [0.4, 0.5) is 18.9 Å². The summed E-state index contributed by atoms with van der Waals surface area (Å²) in [6, 6.07) is 3.39. The van der Waals surface area contributed by atoms with Gasteiger partial charge in [-0.2, -0.15) is 0 Å². The van der Waals surface area contributed by atoms with Gasteiger partial charge in [0, 0.05) is 36.2 Å². The number of aliphatic hydroxyl groups is 1. The monoisotopic (exact) mass is 459 g/mol. The highest BCUT2D eigenvalue weighted by Crippen LogP contribution is 2.42. The molecule has 3 aromatic rings. The third kappa shape index (κ3) is 3.37. The van der Waals surface area contributed by atoms with E-state index in [9.17, 15) is 23.5 Å². The lowest BCUT2D eigenvalue weighted by atomic mass is 9.94. The Morgan fingerprint density at radius 1 is 1.06 bits per heavy atom. The molecule has 1 aliphatic carbocycles. The Balaban J connectivity index is 1.59. The first-order valence-corrected chi connectivity index (χ1v) is 11.0. The summed E-state index contributed by atoms with van der Waals surface area (Å²) in [6.45, 7) is 3.72. The summed E-state index contributed by atoms with van der Waals surface area (Å²) in [7, 11) is 0. The van der Waals surface area contributed by atoms with Crippen molar-refractivity contribution in [2.75, 3.05) is 18.0 Å². The van der Waals surface area contributed by atoms with Gasteiger partial charge in [-0.1, -0.05) is 6.07 Å². The summed E-state index contributed by atoms with van der Waals surface area (Å²) >= 11 is 0. The van der Waals surface area contributed by atoms with Crippen molar-refractivity contribution in [2.45, 2.75) is 45.3 Å². The molecule has 33 heavy (non-hydrogen) atoms. The molecule has 1 saturated carbocycles. The number of hydrogen-bond acceptors (Lipinski definition) is 4. The maximum absolute atomic E-state index is 15.6. The number of nitrogens with zero attached hydrogens (tertiary/aromatic N) is 2. The van der Waals surface area contributed by atoms with Crippen LogP contribution in [0.5, 0.6) is 0 Å². The second-order valence-corrected chi connectivity index (χ2v) is 9.07. The van der Waals surface area contributed by atoms with E-state index >= 15 is 4.39 Å². The van der Waals surface area contributed by atoms with Crippen LogP contribution in [-0.2, 0) is 0 Å². The molecule has 1 aliphatic heterocycles. The maximum atomic E-state index is 15.6. The van der Waals surface area contributed by atoms with Gasteiger partial charge in [-0.25, -0.2) is 18.0 Å². The van der Waals surface area contributed by atoms with Crippen molar-refractivity contribution in [1.82, 2.24) is 9.55 Å². The average molecular weight is 459 g/mol. The van der Waals surface area contributed by atoms with Crippen LogP contribution >= 0.6 is 0 Å². The molecule has 9 heteroatoms. The average Bonchev–Trinajstić information content (AvgIpc) is 3.47. The molecular formula is C24H24F3N3O3. The fourth-order valence-corrected chi connectivity index (χ4v) is 5.16. The number of nitrogens with one attached hydrogen (secondary N) is 1. The van der Waals surface area contributed by atoms with Crippen LogP contribution in [0, 0.1) is 37.2 Å². The molecule has 2 unspecified atom stereocenters. The van der Waals surface area contributed by atoms with Crippen LogP contribution in [0.15, 0.2) is 27.8 Å². The Bertz CT molecular complexity index is 1370. The molecule has 0 radical (unpaired) electrons. The normalized spacial score (nSPS) is 19.5. The number of aromatic nitrogens is 2. The highest BCUT2D eigenvalue weighted by Gasteiger charge is 2.36. The molecule has 2 aromatic carbocycles. The summed E-state index contributed by atoms with van der Waals surface area (Å²) in [4.78, 5) is 29.2. The van der Waals surface area contributed by atoms with Crippen LogP contribution in [0.2, 0.25) is 0 Å². The first-order valence-electron chi connectivity index (χ1n) is 11.0. The number of fused-ring (bicyclic) bond motifs is 1. The molecular weight excluding hydrogens is 435 g/mol. The van der Waals surface area contributed by atoms with Gasteiger partial charge >= 0.3 is 5.69 Å². The summed E-state index contributed by atoms with van der Waals surface area (Å²) < 4.78 is 45.5. The van der Waals surface area contributed by atoms with Crippen LogP contribution in [0.1, 0.15) is 48.1 Å². The molecule has 2 fully saturated rings. The fraction of sp³-hybridized carbons (Fsp3) is 0.417. The van der Waals surface area contributed by atoms with Crippen LogP contribution in [-0.4, -0.2) is 27.7 Å². The van der Waals surface area contributed by atoms with E-state index in [1.807, 2.05) is 0 Å². The molecule has 6 nitrogen and oxygen atoms in total. The SMILES string of the molecule is Cc1c(F)c(N2CCC(C(O)c3c(F)cccc3F)C2)c(C)c2c1c(=O)[nH]c(=O)n2C1CC1. The Labute approximate surface area is 187 Å². The first kappa shape index (κ1) is 21.8. The van der Waals surface area contributed by atoms with E-state index in [1.165, 1.54) is 13.0 Å². The van der Waals surface area contributed by atoms with Crippen molar-refractivity contribution in [3.05, 3.63) is 73.2 Å². The van der Waals surface area contributed by atoms with Gasteiger partial charge in [-0.05, 0) is 45.2 Å². The number of aliphatic hydroxyl groups excluding tert-OH is 1. The van der Waals surface area contributed by atoms with Crippen molar-refractivity contribution >= 4 is 16.6 Å². The molecule has 2 heterocycles. The highest BCUT2D eigenvalue weighted by atomic mass is 19.1. The number of rotatable bonds is 4. The van der Waals surface area contributed by atoms with E-state index in [4.69, 9.17) is 0 Å². The van der Waals surface area contributed by atoms with Gasteiger partial charge < -0.3 is 10.0 Å². The van der Waals surface area contributed by atoms with Crippen LogP contribution in [0.25, 0.3) is 10.9 Å². The van der Waals surface area contributed by atoms with Crippen molar-refractivity contribution in [3.8, 4) is 0 Å². The predicted molar refractivity (Wildman–Crippen MR) is 118 cm³/mol. The number of aromatic amines is 1. The zero-order valence-corrected chi connectivity index (χ0v) is 18.3. The zero-order chi connectivity index (χ0) is 23.6. The van der Waals surface area contributed by atoms with Crippen molar-refractivity contribution in [3.63, 3.8) is 0 Å². The summed E-state index contributed by atoms with van der Waals surface area (Å²) in [6.07, 6.45) is 0.626. The first-order chi connectivity index (χ1) is 15.7. The van der Waals surface area contributed by atoms with Crippen molar-refractivity contribution < 1.29 is 18.3 Å². The molecule has 1 saturated heterocycles. The summed E-state index contributed by atoms with van der Waals surface area (Å²) in [5, 5.41) is 10.9. The number of H-pyrrole nitrogens is 1. The number of hydrogen-bond donors (Lipinski definition) is 2. The van der Waals surface area contributed by atoms with E-state index in [1.54, 1.807) is 16.4 Å². The Kier molecular flexibility index (Phi) is 5.12. The molecule has 2 N–H and O–H groups in total. The molecule has 2 aliphatic rings. The standard InChI is InChI=1S/C24H24F3N3O3/c1-11-17-20(30(14-6-7-14)24(33)28-23(17)32)12(2)21(19(11)27)29-9-8-13(10-29)22(31)18-15(25)4-3-5-16(18)26/h3-5,13-14,22,31H,6-10H2,1-2H3,(H,28,32,33). The molecule has 0 amide bonds. The number of anilines is 1. The molecule has 0 spiro atoms. The second-order valence-electron chi connectivity index (χ2n) is 9.07. The van der Waals surface area contributed by atoms with E-state index in [0.717, 1.165) is 25.0 Å². The van der Waals surface area contributed by atoms with Crippen LogP contribution in [0.3, 0.4) is 0 Å². The number of benzene rings is 2. The van der Waals surface area contributed by atoms with Gasteiger partial charge in [-0.3, -0.25) is 14.3 Å². The fourth-order valence-electron chi connectivity index (χ4n) is 5.16. The largest absolute Gasteiger partial charge is 0.388 e. The van der Waals surface area contributed by atoms with E-state index in [0.29, 0.717) is 24.0 Å². The predicted octanol–water partition coefficient (Wildman–Crippen LogP) is 3.62. The maximum Gasteiger partial charge on any atom is 0.329 e. The minimum absolute atomic E-state index is 0.0366. The Morgan fingerprint density at radius 3 is 2.36 bits per heavy atom. The number of halogens is 3. The summed E-state index contributed by atoms with van der Waals surface area (Å²) in [5.41, 5.74) is -0.235. The lowest BCUT2D eigenvalue weighted by molar-refractivity contribution is 0.111. The van der Waals surface area contributed by atoms with E-state index in [-0.39, 0.29) is 34.8 Å². The highest BCUT2D eigenvalue weighted by molar-refractivity contribution is 5.90. The molecule has 5 rings (SSSR count). The van der Waals surface area contributed by atoms with Gasteiger partial charge in [0.2, 0.25) is 0 Å². The zero-order valence-electron chi connectivity index (χ0n) is 18.3. The van der Waals surface area contributed by atoms with Crippen molar-refractivity contribution in [2.24, 2.45) is 5.92 Å². The molecule has 174 valence electrons.